The highest BCUT2D eigenvalue weighted by Crippen LogP contribution is 2.22. The van der Waals surface area contributed by atoms with E-state index in [4.69, 9.17) is 9.90 Å². The molecule has 11 heteroatoms. The van der Waals surface area contributed by atoms with E-state index < -0.39 is 35.5 Å². The number of aliphatic carboxylic acids is 1. The van der Waals surface area contributed by atoms with E-state index in [0.717, 1.165) is 50.2 Å². The Morgan fingerprint density at radius 2 is 1.38 bits per heavy atom. The number of anilines is 1. The number of rotatable bonds is 9. The highest BCUT2D eigenvalue weighted by Gasteiger charge is 2.38. The van der Waals surface area contributed by atoms with Gasteiger partial charge >= 0.3 is 18.2 Å². The van der Waals surface area contributed by atoms with Gasteiger partial charge in [-0.2, -0.15) is 13.2 Å². The molecule has 1 saturated heterocycles. The van der Waals surface area contributed by atoms with Crippen molar-refractivity contribution in [1.82, 2.24) is 9.80 Å². The first-order valence-corrected chi connectivity index (χ1v) is 13.6. The predicted octanol–water partition coefficient (Wildman–Crippen LogP) is 6.98. The third-order valence-electron chi connectivity index (χ3n) is 6.92. The number of likely N-dealkylation sites (tertiary alicyclic amines) is 1. The fraction of sp³-hybridized carbons (Fsp3) is 0.355. The summed E-state index contributed by atoms with van der Waals surface area (Å²) in [6.07, 6.45) is -0.805. The van der Waals surface area contributed by atoms with Crippen LogP contribution in [0.1, 0.15) is 30.4 Å². The van der Waals surface area contributed by atoms with Crippen LogP contribution in [0.25, 0.3) is 0 Å². The van der Waals surface area contributed by atoms with E-state index in [0.29, 0.717) is 19.0 Å². The first kappa shape index (κ1) is 32.5. The van der Waals surface area contributed by atoms with Crippen molar-refractivity contribution in [2.24, 2.45) is 5.92 Å². The summed E-state index contributed by atoms with van der Waals surface area (Å²) in [4.78, 5) is 26.0. The first-order chi connectivity index (χ1) is 20.0. The normalized spacial score (nSPS) is 14.0. The molecular weight excluding hydrogens is 557 g/mol. The van der Waals surface area contributed by atoms with E-state index in [1.807, 2.05) is 30.3 Å². The van der Waals surface area contributed by atoms with Gasteiger partial charge in [0.2, 0.25) is 0 Å². The number of para-hydroxylation sites is 1. The summed E-state index contributed by atoms with van der Waals surface area (Å²) in [5.74, 6) is -3.61. The quantitative estimate of drug-likeness (QED) is 0.264. The summed E-state index contributed by atoms with van der Waals surface area (Å²) < 4.78 is 59.9. The molecule has 0 bridgehead atoms. The van der Waals surface area contributed by atoms with E-state index in [9.17, 15) is 26.7 Å². The lowest BCUT2D eigenvalue weighted by Crippen LogP contribution is -2.39. The average molecular weight is 592 g/mol. The maximum atomic E-state index is 14.1. The third kappa shape index (κ3) is 10.8. The van der Waals surface area contributed by atoms with Crippen LogP contribution in [0.3, 0.4) is 0 Å². The molecule has 0 atom stereocenters. The van der Waals surface area contributed by atoms with Gasteiger partial charge in [0.15, 0.2) is 0 Å². The number of urea groups is 1. The molecule has 1 aliphatic rings. The minimum Gasteiger partial charge on any atom is -0.475 e. The molecule has 0 spiro atoms. The van der Waals surface area contributed by atoms with Crippen molar-refractivity contribution in [3.05, 3.63) is 102 Å². The van der Waals surface area contributed by atoms with E-state index in [2.05, 4.69) is 40.5 Å². The number of hydrogen-bond acceptors (Lipinski definition) is 3. The standard InChI is InChI=1S/C29H33F2N3O.C2HF3O2/c30-26-13-7-14-27(31)28(26)32-29(35)34(22-25-11-5-2-6-12-25)18-8-17-33-19-15-24(16-20-33)21-23-9-3-1-4-10-23;3-2(4,5)1(6)7/h1-7,9-14,24H,8,15-22H2,(H,32,35);(H,6,7). The molecule has 6 nitrogen and oxygen atoms in total. The fourth-order valence-corrected chi connectivity index (χ4v) is 4.71. The van der Waals surface area contributed by atoms with Crippen LogP contribution in [-0.2, 0) is 17.8 Å². The van der Waals surface area contributed by atoms with Crippen LogP contribution in [0.2, 0.25) is 0 Å². The molecule has 1 heterocycles. The molecule has 42 heavy (non-hydrogen) atoms. The number of carboxylic acid groups (broad SMARTS) is 1. The minimum atomic E-state index is -5.08. The SMILES string of the molecule is O=C(Nc1c(F)cccc1F)N(CCCN1CCC(Cc2ccccc2)CC1)Cc1ccccc1.O=C(O)C(F)(F)F. The topological polar surface area (TPSA) is 72.9 Å². The zero-order valence-corrected chi connectivity index (χ0v) is 23.0. The zero-order valence-electron chi connectivity index (χ0n) is 23.0. The number of alkyl halides is 3. The van der Waals surface area contributed by atoms with Gasteiger partial charge in [0.05, 0.1) is 0 Å². The van der Waals surface area contributed by atoms with Gasteiger partial charge < -0.3 is 20.2 Å². The van der Waals surface area contributed by atoms with Crippen molar-refractivity contribution < 1.29 is 36.6 Å². The second-order valence-corrected chi connectivity index (χ2v) is 10.1. The van der Waals surface area contributed by atoms with E-state index in [1.165, 1.54) is 24.5 Å². The van der Waals surface area contributed by atoms with Gasteiger partial charge in [0.25, 0.3) is 0 Å². The molecule has 1 fully saturated rings. The second kappa shape index (κ2) is 15.9. The summed E-state index contributed by atoms with van der Waals surface area (Å²) in [6.45, 7) is 3.89. The Morgan fingerprint density at radius 1 is 0.857 bits per heavy atom. The highest BCUT2D eigenvalue weighted by atomic mass is 19.4. The Kier molecular flexibility index (Phi) is 12.3. The maximum absolute atomic E-state index is 14.1. The van der Waals surface area contributed by atoms with Crippen LogP contribution in [0, 0.1) is 17.6 Å². The number of carbonyl (C=O) groups is 2. The number of halogens is 5. The summed E-state index contributed by atoms with van der Waals surface area (Å²) in [6, 6.07) is 23.4. The molecule has 3 aromatic rings. The average Bonchev–Trinajstić information content (AvgIpc) is 2.96. The maximum Gasteiger partial charge on any atom is 0.490 e. The molecule has 1 aliphatic heterocycles. The molecule has 3 aromatic carbocycles. The van der Waals surface area contributed by atoms with E-state index in [1.54, 1.807) is 4.90 Å². The number of nitrogens with zero attached hydrogens (tertiary/aromatic N) is 2. The van der Waals surface area contributed by atoms with E-state index >= 15 is 0 Å². The smallest absolute Gasteiger partial charge is 0.475 e. The van der Waals surface area contributed by atoms with Crippen LogP contribution < -0.4 is 5.32 Å². The molecule has 2 N–H and O–H groups in total. The first-order valence-electron chi connectivity index (χ1n) is 13.6. The van der Waals surface area contributed by atoms with Gasteiger partial charge in [-0.3, -0.25) is 0 Å². The predicted molar refractivity (Wildman–Crippen MR) is 150 cm³/mol. The van der Waals surface area contributed by atoms with Crippen molar-refractivity contribution in [1.29, 1.82) is 0 Å². The minimum absolute atomic E-state index is 0.377. The van der Waals surface area contributed by atoms with Crippen molar-refractivity contribution in [2.45, 2.75) is 38.4 Å². The van der Waals surface area contributed by atoms with Gasteiger partial charge in [-0.05, 0) is 74.5 Å². The number of carboxylic acids is 1. The number of carbonyl (C=O) groups excluding carboxylic acids is 1. The van der Waals surface area contributed by atoms with Crippen LogP contribution in [0.15, 0.2) is 78.9 Å². The molecule has 0 unspecified atom stereocenters. The zero-order chi connectivity index (χ0) is 30.5. The Labute approximate surface area is 241 Å². The number of hydrogen-bond donors (Lipinski definition) is 2. The van der Waals surface area contributed by atoms with Crippen molar-refractivity contribution in [3.8, 4) is 0 Å². The lowest BCUT2D eigenvalue weighted by molar-refractivity contribution is -0.192. The number of piperidine rings is 1. The van der Waals surface area contributed by atoms with Crippen LogP contribution in [0.4, 0.5) is 32.4 Å². The van der Waals surface area contributed by atoms with Crippen molar-refractivity contribution in [2.75, 3.05) is 31.5 Å². The summed E-state index contributed by atoms with van der Waals surface area (Å²) >= 11 is 0. The van der Waals surface area contributed by atoms with Crippen LogP contribution in [0.5, 0.6) is 0 Å². The Balaban J connectivity index is 0.000000616. The van der Waals surface area contributed by atoms with Crippen LogP contribution >= 0.6 is 0 Å². The third-order valence-corrected chi connectivity index (χ3v) is 6.92. The molecule has 226 valence electrons. The molecular formula is C31H34F5N3O3. The Bertz CT molecular complexity index is 1250. The number of nitrogens with one attached hydrogen (secondary N) is 1. The highest BCUT2D eigenvalue weighted by molar-refractivity contribution is 5.89. The molecule has 0 aromatic heterocycles. The summed E-state index contributed by atoms with van der Waals surface area (Å²) in [7, 11) is 0. The van der Waals surface area contributed by atoms with Gasteiger partial charge in [-0.1, -0.05) is 66.7 Å². The number of amides is 2. The van der Waals surface area contributed by atoms with Crippen molar-refractivity contribution >= 4 is 17.7 Å². The molecule has 2 amide bonds. The van der Waals surface area contributed by atoms with Gasteiger partial charge in [0, 0.05) is 13.1 Å². The van der Waals surface area contributed by atoms with Crippen molar-refractivity contribution in [3.63, 3.8) is 0 Å². The lowest BCUT2D eigenvalue weighted by Gasteiger charge is -2.32. The molecule has 0 aliphatic carbocycles. The Morgan fingerprint density at radius 3 is 1.90 bits per heavy atom. The molecule has 4 rings (SSSR count). The van der Waals surface area contributed by atoms with Gasteiger partial charge in [0.1, 0.15) is 17.3 Å². The fourth-order valence-electron chi connectivity index (χ4n) is 4.71. The monoisotopic (exact) mass is 591 g/mol. The largest absolute Gasteiger partial charge is 0.490 e. The lowest BCUT2D eigenvalue weighted by atomic mass is 9.90. The van der Waals surface area contributed by atoms with Gasteiger partial charge in [-0.15, -0.1) is 0 Å². The van der Waals surface area contributed by atoms with Crippen LogP contribution in [-0.4, -0.2) is 59.3 Å². The van der Waals surface area contributed by atoms with Gasteiger partial charge in [-0.25, -0.2) is 18.4 Å². The molecule has 0 saturated carbocycles. The Hall–Kier alpha value is -3.99. The molecule has 0 radical (unpaired) electrons. The second-order valence-electron chi connectivity index (χ2n) is 10.1. The van der Waals surface area contributed by atoms with E-state index in [-0.39, 0.29) is 0 Å². The number of benzene rings is 3. The summed E-state index contributed by atoms with van der Waals surface area (Å²) in [5.41, 5.74) is 1.97. The summed E-state index contributed by atoms with van der Waals surface area (Å²) in [5, 5.41) is 9.56.